The number of hydrogen-bond acceptors (Lipinski definition) is 5. The fourth-order valence-corrected chi connectivity index (χ4v) is 4.52. The zero-order valence-electron chi connectivity index (χ0n) is 17.0. The van der Waals surface area contributed by atoms with Crippen molar-refractivity contribution in [3.8, 4) is 0 Å². The van der Waals surface area contributed by atoms with E-state index in [1.807, 2.05) is 0 Å². The molecule has 0 atom stereocenters. The number of amides is 1. The summed E-state index contributed by atoms with van der Waals surface area (Å²) in [6, 6.07) is 12.8. The van der Waals surface area contributed by atoms with Crippen LogP contribution < -0.4 is 10.0 Å². The Morgan fingerprint density at radius 1 is 1.00 bits per heavy atom. The molecule has 2 aromatic rings. The average Bonchev–Trinajstić information content (AvgIpc) is 2.73. The van der Waals surface area contributed by atoms with Crippen molar-refractivity contribution in [2.24, 2.45) is 0 Å². The number of carbonyl (C=O) groups is 1. The maximum atomic E-state index is 12.4. The number of likely N-dealkylation sites (N-methyl/N-ethyl adjacent to an activating group) is 1. The number of piperazine rings is 1. The quantitative estimate of drug-likeness (QED) is 0.551. The predicted octanol–water partition coefficient (Wildman–Crippen LogP) is 2.62. The van der Waals surface area contributed by atoms with Crippen molar-refractivity contribution >= 4 is 37.5 Å². The first-order valence-electron chi connectivity index (χ1n) is 9.91. The highest BCUT2D eigenvalue weighted by Gasteiger charge is 2.15. The highest BCUT2D eigenvalue weighted by molar-refractivity contribution is 9.10. The van der Waals surface area contributed by atoms with Gasteiger partial charge in [-0.1, -0.05) is 15.9 Å². The molecule has 7 nitrogen and oxygen atoms in total. The second-order valence-corrected chi connectivity index (χ2v) is 9.99. The molecule has 1 amide bonds. The largest absolute Gasteiger partial charge is 0.352 e. The average molecular weight is 495 g/mol. The third kappa shape index (κ3) is 6.53. The van der Waals surface area contributed by atoms with Gasteiger partial charge in [-0.3, -0.25) is 9.52 Å². The monoisotopic (exact) mass is 494 g/mol. The van der Waals surface area contributed by atoms with E-state index in [0.717, 1.165) is 43.6 Å². The van der Waals surface area contributed by atoms with Gasteiger partial charge in [-0.2, -0.15) is 0 Å². The van der Waals surface area contributed by atoms with Crippen LogP contribution in [0.1, 0.15) is 16.8 Å². The van der Waals surface area contributed by atoms with Gasteiger partial charge in [-0.15, -0.1) is 0 Å². The Labute approximate surface area is 186 Å². The fraction of sp³-hybridized carbons (Fsp3) is 0.381. The van der Waals surface area contributed by atoms with Gasteiger partial charge in [0.15, 0.2) is 0 Å². The molecular formula is C21H27BrN4O3S. The summed E-state index contributed by atoms with van der Waals surface area (Å²) < 4.78 is 28.2. The lowest BCUT2D eigenvalue weighted by atomic mass is 10.2. The van der Waals surface area contributed by atoms with Crippen molar-refractivity contribution in [3.05, 3.63) is 58.6 Å². The van der Waals surface area contributed by atoms with Crippen LogP contribution in [0.4, 0.5) is 5.69 Å². The number of benzene rings is 2. The second kappa shape index (κ2) is 10.4. The molecule has 0 radical (unpaired) electrons. The van der Waals surface area contributed by atoms with E-state index in [1.165, 1.54) is 12.1 Å². The van der Waals surface area contributed by atoms with Gasteiger partial charge in [0.2, 0.25) is 0 Å². The maximum absolute atomic E-state index is 12.4. The number of nitrogens with one attached hydrogen (secondary N) is 2. The molecule has 1 saturated heterocycles. The highest BCUT2D eigenvalue weighted by Crippen LogP contribution is 2.19. The summed E-state index contributed by atoms with van der Waals surface area (Å²) in [5.41, 5.74) is 0.908. The number of rotatable bonds is 8. The van der Waals surface area contributed by atoms with Gasteiger partial charge in [-0.05, 0) is 68.5 Å². The van der Waals surface area contributed by atoms with E-state index in [4.69, 9.17) is 0 Å². The second-order valence-electron chi connectivity index (χ2n) is 7.39. The summed E-state index contributed by atoms with van der Waals surface area (Å²) in [5, 5.41) is 2.93. The molecule has 1 aliphatic heterocycles. The van der Waals surface area contributed by atoms with E-state index in [1.54, 1.807) is 36.4 Å². The summed E-state index contributed by atoms with van der Waals surface area (Å²) in [6.45, 7) is 5.91. The molecule has 30 heavy (non-hydrogen) atoms. The molecule has 1 fully saturated rings. The Bertz CT molecular complexity index is 941. The van der Waals surface area contributed by atoms with Crippen LogP contribution in [0.25, 0.3) is 0 Å². The number of sulfonamides is 1. The van der Waals surface area contributed by atoms with E-state index in [9.17, 15) is 13.2 Å². The van der Waals surface area contributed by atoms with Crippen molar-refractivity contribution in [3.63, 3.8) is 0 Å². The summed E-state index contributed by atoms with van der Waals surface area (Å²) in [5.74, 6) is -0.157. The fourth-order valence-electron chi connectivity index (χ4n) is 3.20. The standard InChI is InChI=1S/C21H27BrN4O3S/c1-25-13-15-26(16-14-25)12-2-11-23-21(27)17-3-7-19(8-4-17)24-30(28,29)20-9-5-18(22)6-10-20/h3-10,24H,2,11-16H2,1H3,(H,23,27). The lowest BCUT2D eigenvalue weighted by molar-refractivity contribution is 0.0949. The van der Waals surface area contributed by atoms with Gasteiger partial charge < -0.3 is 15.1 Å². The Morgan fingerprint density at radius 2 is 1.63 bits per heavy atom. The number of nitrogens with zero attached hydrogens (tertiary/aromatic N) is 2. The van der Waals surface area contributed by atoms with Crippen molar-refractivity contribution in [1.29, 1.82) is 0 Å². The van der Waals surface area contributed by atoms with Crippen molar-refractivity contribution < 1.29 is 13.2 Å². The molecule has 162 valence electrons. The molecule has 0 aliphatic carbocycles. The summed E-state index contributed by atoms with van der Waals surface area (Å²) in [4.78, 5) is 17.2. The molecule has 0 unspecified atom stereocenters. The minimum absolute atomic E-state index is 0.157. The molecule has 1 aliphatic rings. The van der Waals surface area contributed by atoms with Crippen LogP contribution in [-0.4, -0.2) is 70.4 Å². The first kappa shape index (κ1) is 22.7. The Hall–Kier alpha value is -1.94. The summed E-state index contributed by atoms with van der Waals surface area (Å²) in [6.07, 6.45) is 0.903. The van der Waals surface area contributed by atoms with E-state index in [0.29, 0.717) is 17.8 Å². The molecule has 1 heterocycles. The minimum Gasteiger partial charge on any atom is -0.352 e. The molecule has 2 aromatic carbocycles. The topological polar surface area (TPSA) is 81.8 Å². The smallest absolute Gasteiger partial charge is 0.261 e. The van der Waals surface area contributed by atoms with Gasteiger partial charge in [-0.25, -0.2) is 8.42 Å². The molecule has 2 N–H and O–H groups in total. The van der Waals surface area contributed by atoms with Crippen molar-refractivity contribution in [2.75, 3.05) is 51.0 Å². The van der Waals surface area contributed by atoms with E-state index >= 15 is 0 Å². The van der Waals surface area contributed by atoms with Crippen LogP contribution in [0.3, 0.4) is 0 Å². The van der Waals surface area contributed by atoms with Crippen molar-refractivity contribution in [1.82, 2.24) is 15.1 Å². The zero-order valence-corrected chi connectivity index (χ0v) is 19.4. The maximum Gasteiger partial charge on any atom is 0.261 e. The summed E-state index contributed by atoms with van der Waals surface area (Å²) >= 11 is 3.29. The van der Waals surface area contributed by atoms with E-state index < -0.39 is 10.0 Å². The third-order valence-corrected chi connectivity index (χ3v) is 6.98. The van der Waals surface area contributed by atoms with E-state index in [2.05, 4.69) is 42.8 Å². The van der Waals surface area contributed by atoms with E-state index in [-0.39, 0.29) is 10.8 Å². The van der Waals surface area contributed by atoms with Crippen molar-refractivity contribution in [2.45, 2.75) is 11.3 Å². The molecule has 3 rings (SSSR count). The van der Waals surface area contributed by atoms with Gasteiger partial charge in [0, 0.05) is 48.4 Å². The number of anilines is 1. The van der Waals surface area contributed by atoms with Crippen LogP contribution in [-0.2, 0) is 10.0 Å². The van der Waals surface area contributed by atoms with Crippen LogP contribution in [0.5, 0.6) is 0 Å². The van der Waals surface area contributed by atoms with Crippen LogP contribution in [0, 0.1) is 0 Å². The Morgan fingerprint density at radius 3 is 2.27 bits per heavy atom. The lowest BCUT2D eigenvalue weighted by Crippen LogP contribution is -2.45. The Kier molecular flexibility index (Phi) is 7.87. The molecule has 0 spiro atoms. The number of hydrogen-bond donors (Lipinski definition) is 2. The number of carbonyl (C=O) groups excluding carboxylic acids is 1. The normalized spacial score (nSPS) is 15.7. The summed E-state index contributed by atoms with van der Waals surface area (Å²) in [7, 11) is -1.54. The SMILES string of the molecule is CN1CCN(CCCNC(=O)c2ccc(NS(=O)(=O)c3ccc(Br)cc3)cc2)CC1. The molecule has 0 bridgehead atoms. The predicted molar refractivity (Wildman–Crippen MR) is 122 cm³/mol. The first-order valence-corrected chi connectivity index (χ1v) is 12.2. The highest BCUT2D eigenvalue weighted by atomic mass is 79.9. The van der Waals surface area contributed by atoms with Gasteiger partial charge >= 0.3 is 0 Å². The molecule has 9 heteroatoms. The van der Waals surface area contributed by atoms with Crippen LogP contribution in [0.15, 0.2) is 57.9 Å². The Balaban J connectivity index is 1.46. The molecule has 0 aromatic heterocycles. The lowest BCUT2D eigenvalue weighted by Gasteiger charge is -2.32. The van der Waals surface area contributed by atoms with Crippen LogP contribution in [0.2, 0.25) is 0 Å². The van der Waals surface area contributed by atoms with Gasteiger partial charge in [0.1, 0.15) is 0 Å². The van der Waals surface area contributed by atoms with Gasteiger partial charge in [0.05, 0.1) is 4.90 Å². The minimum atomic E-state index is -3.67. The van der Waals surface area contributed by atoms with Gasteiger partial charge in [0.25, 0.3) is 15.9 Å². The number of halogens is 1. The molecule has 0 saturated carbocycles. The first-order chi connectivity index (χ1) is 14.3. The third-order valence-electron chi connectivity index (χ3n) is 5.06. The zero-order chi connectivity index (χ0) is 21.6. The van der Waals surface area contributed by atoms with Crippen LogP contribution >= 0.6 is 15.9 Å². The molecular weight excluding hydrogens is 468 g/mol.